The topological polar surface area (TPSA) is 38.3 Å². The normalized spacial score (nSPS) is 14.6. The lowest BCUT2D eigenvalue weighted by Gasteiger charge is -2.18. The Labute approximate surface area is 107 Å². The fourth-order valence-corrected chi connectivity index (χ4v) is 2.09. The second kappa shape index (κ2) is 6.77. The molecule has 1 aromatic rings. The van der Waals surface area contributed by atoms with E-state index in [2.05, 4.69) is 19.2 Å². The van der Waals surface area contributed by atoms with Gasteiger partial charge in [-0.3, -0.25) is 4.79 Å². The monoisotopic (exact) mass is 255 g/mol. The van der Waals surface area contributed by atoms with E-state index < -0.39 is 0 Å². The molecule has 0 radical (unpaired) electrons. The molecule has 96 valence electrons. The van der Waals surface area contributed by atoms with Gasteiger partial charge in [-0.05, 0) is 31.2 Å². The van der Waals surface area contributed by atoms with E-state index in [4.69, 9.17) is 4.74 Å². The Kier molecular flexibility index (Phi) is 5.65. The van der Waals surface area contributed by atoms with Crippen LogP contribution < -0.4 is 5.32 Å². The molecule has 0 fully saturated rings. The largest absolute Gasteiger partial charge is 0.368 e. The second-order valence-electron chi connectivity index (χ2n) is 4.62. The highest BCUT2D eigenvalue weighted by Crippen LogP contribution is 2.18. The highest BCUT2D eigenvalue weighted by molar-refractivity contribution is 7.10. The third-order valence-electron chi connectivity index (χ3n) is 2.38. The van der Waals surface area contributed by atoms with E-state index in [1.54, 1.807) is 18.3 Å². The molecule has 0 aliphatic rings. The van der Waals surface area contributed by atoms with Gasteiger partial charge in [-0.15, -0.1) is 11.3 Å². The summed E-state index contributed by atoms with van der Waals surface area (Å²) in [4.78, 5) is 13.0. The average Bonchev–Trinajstić information content (AvgIpc) is 2.78. The van der Waals surface area contributed by atoms with Gasteiger partial charge < -0.3 is 10.1 Å². The van der Waals surface area contributed by atoms with Crippen LogP contribution in [-0.4, -0.2) is 18.6 Å². The minimum absolute atomic E-state index is 0.0487. The summed E-state index contributed by atoms with van der Waals surface area (Å²) in [5, 5.41) is 4.96. The zero-order chi connectivity index (χ0) is 12.8. The first-order valence-electron chi connectivity index (χ1n) is 5.96. The van der Waals surface area contributed by atoms with Crippen LogP contribution in [0, 0.1) is 5.92 Å². The van der Waals surface area contributed by atoms with Crippen molar-refractivity contribution in [1.29, 1.82) is 0 Å². The Balaban J connectivity index is 2.38. The molecule has 1 N–H and O–H groups in total. The molecule has 3 nitrogen and oxygen atoms in total. The van der Waals surface area contributed by atoms with Crippen LogP contribution in [0.3, 0.4) is 0 Å². The first-order valence-corrected chi connectivity index (χ1v) is 6.84. The van der Waals surface area contributed by atoms with Gasteiger partial charge in [-0.25, -0.2) is 0 Å². The van der Waals surface area contributed by atoms with E-state index in [0.29, 0.717) is 12.5 Å². The van der Waals surface area contributed by atoms with Crippen molar-refractivity contribution < 1.29 is 9.53 Å². The minimum atomic E-state index is -0.389. The molecule has 1 aromatic heterocycles. The number of hydrogen-bond donors (Lipinski definition) is 1. The molecule has 1 heterocycles. The molecule has 1 amide bonds. The molecule has 0 bridgehead atoms. The second-order valence-corrected chi connectivity index (χ2v) is 5.59. The van der Waals surface area contributed by atoms with Crippen molar-refractivity contribution in [1.82, 2.24) is 5.32 Å². The van der Waals surface area contributed by atoms with Crippen molar-refractivity contribution in [3.8, 4) is 0 Å². The van der Waals surface area contributed by atoms with Crippen LogP contribution in [0.2, 0.25) is 0 Å². The van der Waals surface area contributed by atoms with Gasteiger partial charge in [-0.1, -0.05) is 19.9 Å². The fraction of sp³-hybridized carbons (Fsp3) is 0.615. The molecule has 0 saturated heterocycles. The van der Waals surface area contributed by atoms with Crippen LogP contribution in [0.5, 0.6) is 0 Å². The highest BCUT2D eigenvalue weighted by Gasteiger charge is 2.17. The van der Waals surface area contributed by atoms with Crippen LogP contribution >= 0.6 is 11.3 Å². The molecule has 0 aliphatic carbocycles. The van der Waals surface area contributed by atoms with Crippen molar-refractivity contribution in [2.45, 2.75) is 39.8 Å². The molecule has 17 heavy (non-hydrogen) atoms. The smallest absolute Gasteiger partial charge is 0.249 e. The number of nitrogens with one attached hydrogen (secondary N) is 1. The third-order valence-corrected chi connectivity index (χ3v) is 3.43. The van der Waals surface area contributed by atoms with Crippen molar-refractivity contribution >= 4 is 17.2 Å². The molecule has 0 aliphatic heterocycles. The number of amides is 1. The fourth-order valence-electron chi connectivity index (χ4n) is 1.35. The summed E-state index contributed by atoms with van der Waals surface area (Å²) >= 11 is 1.65. The van der Waals surface area contributed by atoms with Crippen LogP contribution in [0.1, 0.15) is 38.6 Å². The van der Waals surface area contributed by atoms with Gasteiger partial charge in [0.1, 0.15) is 6.10 Å². The van der Waals surface area contributed by atoms with Gasteiger partial charge in [-0.2, -0.15) is 0 Å². The van der Waals surface area contributed by atoms with E-state index in [1.807, 2.05) is 24.4 Å². The van der Waals surface area contributed by atoms with Crippen LogP contribution in [-0.2, 0) is 9.53 Å². The molecule has 4 heteroatoms. The molecule has 0 spiro atoms. The van der Waals surface area contributed by atoms with Crippen molar-refractivity contribution in [2.75, 3.05) is 6.61 Å². The summed E-state index contributed by atoms with van der Waals surface area (Å²) < 4.78 is 5.47. The molecule has 2 atom stereocenters. The van der Waals surface area contributed by atoms with E-state index >= 15 is 0 Å². The molecular weight excluding hydrogens is 234 g/mol. The van der Waals surface area contributed by atoms with Gasteiger partial charge in [0.2, 0.25) is 5.91 Å². The Hall–Kier alpha value is -0.870. The molecule has 0 saturated carbocycles. The van der Waals surface area contributed by atoms with Crippen LogP contribution in [0.4, 0.5) is 0 Å². The quantitative estimate of drug-likeness (QED) is 0.848. The third kappa shape index (κ3) is 4.88. The zero-order valence-corrected chi connectivity index (χ0v) is 11.7. The van der Waals surface area contributed by atoms with Crippen molar-refractivity contribution in [3.05, 3.63) is 22.4 Å². The number of thiophene rings is 1. The highest BCUT2D eigenvalue weighted by atomic mass is 32.1. The van der Waals surface area contributed by atoms with Gasteiger partial charge >= 0.3 is 0 Å². The molecule has 1 rings (SSSR count). The maximum atomic E-state index is 11.8. The summed E-state index contributed by atoms with van der Waals surface area (Å²) in [7, 11) is 0. The number of ether oxygens (including phenoxy) is 1. The standard InChI is InChI=1S/C13H21NO2S/c1-9(2)8-16-11(4)13(15)14-10(3)12-6-5-7-17-12/h5-7,9-11H,8H2,1-4H3,(H,14,15). The Morgan fingerprint density at radius 1 is 1.41 bits per heavy atom. The number of hydrogen-bond acceptors (Lipinski definition) is 3. The van der Waals surface area contributed by atoms with Crippen LogP contribution in [0.15, 0.2) is 17.5 Å². The Morgan fingerprint density at radius 2 is 2.12 bits per heavy atom. The lowest BCUT2D eigenvalue weighted by molar-refractivity contribution is -0.133. The SMILES string of the molecule is CC(C)COC(C)C(=O)NC(C)c1cccs1. The minimum Gasteiger partial charge on any atom is -0.368 e. The predicted molar refractivity (Wildman–Crippen MR) is 71.1 cm³/mol. The van der Waals surface area contributed by atoms with Gasteiger partial charge in [0.15, 0.2) is 0 Å². The summed E-state index contributed by atoms with van der Waals surface area (Å²) in [6.45, 7) is 8.53. The summed E-state index contributed by atoms with van der Waals surface area (Å²) in [6, 6.07) is 4.06. The summed E-state index contributed by atoms with van der Waals surface area (Å²) in [5.41, 5.74) is 0. The maximum absolute atomic E-state index is 11.8. The van der Waals surface area contributed by atoms with Crippen molar-refractivity contribution in [3.63, 3.8) is 0 Å². The number of rotatable bonds is 6. The van der Waals surface area contributed by atoms with Crippen molar-refractivity contribution in [2.24, 2.45) is 5.92 Å². The number of carbonyl (C=O) groups is 1. The first kappa shape index (κ1) is 14.2. The Morgan fingerprint density at radius 3 is 2.65 bits per heavy atom. The number of carbonyl (C=O) groups excluding carboxylic acids is 1. The lowest BCUT2D eigenvalue weighted by Crippen LogP contribution is -2.36. The zero-order valence-electron chi connectivity index (χ0n) is 10.9. The van der Waals surface area contributed by atoms with Gasteiger partial charge in [0, 0.05) is 11.5 Å². The van der Waals surface area contributed by atoms with Crippen LogP contribution in [0.25, 0.3) is 0 Å². The van der Waals surface area contributed by atoms with Gasteiger partial charge in [0.25, 0.3) is 0 Å². The van der Waals surface area contributed by atoms with E-state index in [0.717, 1.165) is 4.88 Å². The average molecular weight is 255 g/mol. The maximum Gasteiger partial charge on any atom is 0.249 e. The first-order chi connectivity index (χ1) is 8.00. The van der Waals surface area contributed by atoms with Gasteiger partial charge in [0.05, 0.1) is 6.04 Å². The Bertz CT molecular complexity index is 335. The van der Waals surface area contributed by atoms with E-state index in [-0.39, 0.29) is 18.1 Å². The molecule has 0 aromatic carbocycles. The molecule has 2 unspecified atom stereocenters. The summed E-state index contributed by atoms with van der Waals surface area (Å²) in [5.74, 6) is 0.395. The van der Waals surface area contributed by atoms with E-state index in [1.165, 1.54) is 0 Å². The van der Waals surface area contributed by atoms with E-state index in [9.17, 15) is 4.79 Å². The molecular formula is C13H21NO2S. The predicted octanol–water partition coefficient (Wildman–Crippen LogP) is 2.99. The summed E-state index contributed by atoms with van der Waals surface area (Å²) in [6.07, 6.45) is -0.389. The lowest BCUT2D eigenvalue weighted by atomic mass is 10.2.